The zero-order chi connectivity index (χ0) is 42.6. The van der Waals surface area contributed by atoms with Gasteiger partial charge in [-0.2, -0.15) is 0 Å². The topological polar surface area (TPSA) is 142 Å². The number of nitrogens with one attached hydrogen (secondary N) is 2. The molecule has 9 nitrogen and oxygen atoms in total. The van der Waals surface area contributed by atoms with Crippen LogP contribution in [-0.4, -0.2) is 59.3 Å². The van der Waals surface area contributed by atoms with Gasteiger partial charge in [0.1, 0.15) is 12.1 Å². The first-order chi connectivity index (χ1) is 28.3. The lowest BCUT2D eigenvalue weighted by Gasteiger charge is -2.15. The molecule has 0 aliphatic heterocycles. The van der Waals surface area contributed by atoms with Crippen molar-refractivity contribution < 1.29 is 34.1 Å². The number of carbonyl (C=O) groups is 4. The highest BCUT2D eigenvalue weighted by atomic mass is 16.5. The fourth-order valence-corrected chi connectivity index (χ4v) is 6.74. The van der Waals surface area contributed by atoms with Crippen molar-refractivity contribution in [3.8, 4) is 0 Å². The number of hydrogen-bond donors (Lipinski definition) is 4. The van der Waals surface area contributed by atoms with E-state index in [-0.39, 0.29) is 30.9 Å². The van der Waals surface area contributed by atoms with Crippen LogP contribution in [0.3, 0.4) is 0 Å². The summed E-state index contributed by atoms with van der Waals surface area (Å²) in [6, 6.07) is -1.40. The summed E-state index contributed by atoms with van der Waals surface area (Å²) in [4.78, 5) is 47.7. The van der Waals surface area contributed by atoms with E-state index < -0.39 is 24.5 Å². The second kappa shape index (κ2) is 43.4. The second-order valence-electron chi connectivity index (χ2n) is 15.8. The van der Waals surface area contributed by atoms with Crippen molar-refractivity contribution in [3.63, 3.8) is 0 Å². The molecule has 334 valence electrons. The molecule has 4 N–H and O–H groups in total. The standard InChI is InChI=1S/C49H86N2O7/c1-3-5-7-9-11-13-15-16-17-18-19-20-21-22-23-24-26-28-30-32-37-41-48(55)58-44(38-34-31-29-27-25-14-12-10-8-6-4-2)39-35-33-36-40-46(53)50-42-47(54)51-45(43-52)49(56)57/h6,8,12,14,27,29,34,38,44-45,52H,3-5,7,9-11,13,15-26,28,30-33,35-37,39-43H2,1-2H3,(H,50,53)(H,51,54)(H,56,57)/b8-6-,14-12-,29-27-,38-34-. The van der Waals surface area contributed by atoms with Gasteiger partial charge in [0.2, 0.25) is 11.8 Å². The van der Waals surface area contributed by atoms with E-state index in [1.165, 1.54) is 116 Å². The Balaban J connectivity index is 4.28. The number of aliphatic hydroxyl groups excluding tert-OH is 1. The Hall–Kier alpha value is -3.20. The highest BCUT2D eigenvalue weighted by Crippen LogP contribution is 2.16. The van der Waals surface area contributed by atoms with Crippen molar-refractivity contribution in [3.05, 3.63) is 48.6 Å². The lowest BCUT2D eigenvalue weighted by molar-refractivity contribution is -0.147. The fourth-order valence-electron chi connectivity index (χ4n) is 6.74. The summed E-state index contributed by atoms with van der Waals surface area (Å²) in [6.07, 6.45) is 51.7. The Morgan fingerprint density at radius 2 is 0.966 bits per heavy atom. The first-order valence-corrected chi connectivity index (χ1v) is 23.5. The molecule has 2 atom stereocenters. The number of allylic oxidation sites excluding steroid dienone is 7. The number of hydrogen-bond acceptors (Lipinski definition) is 6. The van der Waals surface area contributed by atoms with Gasteiger partial charge in [-0.05, 0) is 57.4 Å². The second-order valence-corrected chi connectivity index (χ2v) is 15.8. The maximum absolute atomic E-state index is 12.8. The molecule has 58 heavy (non-hydrogen) atoms. The number of ether oxygens (including phenoxy) is 1. The minimum absolute atomic E-state index is 0.158. The summed E-state index contributed by atoms with van der Waals surface area (Å²) in [6.45, 7) is 3.32. The summed E-state index contributed by atoms with van der Waals surface area (Å²) in [5, 5.41) is 22.6. The van der Waals surface area contributed by atoms with Crippen LogP contribution in [0.4, 0.5) is 0 Å². The molecule has 0 aromatic carbocycles. The third-order valence-corrected chi connectivity index (χ3v) is 10.3. The molecule has 0 saturated carbocycles. The predicted molar refractivity (Wildman–Crippen MR) is 241 cm³/mol. The molecule has 0 fully saturated rings. The first-order valence-electron chi connectivity index (χ1n) is 23.5. The van der Waals surface area contributed by atoms with Crippen LogP contribution in [0.1, 0.15) is 213 Å². The molecular formula is C49H86N2O7. The minimum atomic E-state index is -1.40. The molecular weight excluding hydrogens is 729 g/mol. The SMILES string of the molecule is CC/C=C\C/C=C\C/C=C\C/C=C\C(CCCCCC(=O)NCC(=O)NC(CO)C(=O)O)OC(=O)CCCCCCCCCCCCCCCCCCCCCCC. The smallest absolute Gasteiger partial charge is 0.328 e. The number of aliphatic carboxylic acids is 1. The zero-order valence-corrected chi connectivity index (χ0v) is 37.0. The van der Waals surface area contributed by atoms with Crippen molar-refractivity contribution in [2.75, 3.05) is 13.2 Å². The van der Waals surface area contributed by atoms with Crippen LogP contribution >= 0.6 is 0 Å². The van der Waals surface area contributed by atoms with Crippen molar-refractivity contribution in [1.82, 2.24) is 10.6 Å². The van der Waals surface area contributed by atoms with E-state index in [1.807, 2.05) is 12.2 Å². The van der Waals surface area contributed by atoms with Crippen LogP contribution in [0, 0.1) is 0 Å². The van der Waals surface area contributed by atoms with Gasteiger partial charge in [-0.1, -0.05) is 191 Å². The van der Waals surface area contributed by atoms with Crippen LogP contribution in [-0.2, 0) is 23.9 Å². The van der Waals surface area contributed by atoms with E-state index >= 15 is 0 Å². The summed E-state index contributed by atoms with van der Waals surface area (Å²) in [5.41, 5.74) is 0. The van der Waals surface area contributed by atoms with Crippen LogP contribution in [0.25, 0.3) is 0 Å². The molecule has 9 heteroatoms. The Kier molecular flexibility index (Phi) is 41.0. The van der Waals surface area contributed by atoms with Crippen LogP contribution in [0.2, 0.25) is 0 Å². The average molecular weight is 815 g/mol. The molecule has 0 saturated heterocycles. The van der Waals surface area contributed by atoms with Gasteiger partial charge in [0.25, 0.3) is 0 Å². The predicted octanol–water partition coefficient (Wildman–Crippen LogP) is 11.9. The number of unbranched alkanes of at least 4 members (excludes halogenated alkanes) is 22. The Morgan fingerprint density at radius 1 is 0.534 bits per heavy atom. The van der Waals surface area contributed by atoms with E-state index in [4.69, 9.17) is 14.9 Å². The van der Waals surface area contributed by atoms with Crippen molar-refractivity contribution in [2.24, 2.45) is 0 Å². The van der Waals surface area contributed by atoms with Gasteiger partial charge in [-0.3, -0.25) is 14.4 Å². The van der Waals surface area contributed by atoms with E-state index in [2.05, 4.69) is 60.9 Å². The Morgan fingerprint density at radius 3 is 1.43 bits per heavy atom. The number of rotatable bonds is 42. The summed E-state index contributed by atoms with van der Waals surface area (Å²) in [7, 11) is 0. The lowest BCUT2D eigenvalue weighted by Crippen LogP contribution is -2.47. The molecule has 2 unspecified atom stereocenters. The molecule has 0 heterocycles. The first kappa shape index (κ1) is 54.8. The molecule has 0 bridgehead atoms. The number of carboxylic acid groups (broad SMARTS) is 1. The minimum Gasteiger partial charge on any atom is -0.480 e. The molecule has 0 spiro atoms. The van der Waals surface area contributed by atoms with E-state index in [0.29, 0.717) is 19.3 Å². The van der Waals surface area contributed by atoms with Gasteiger partial charge < -0.3 is 25.6 Å². The monoisotopic (exact) mass is 815 g/mol. The van der Waals surface area contributed by atoms with Gasteiger partial charge >= 0.3 is 11.9 Å². The van der Waals surface area contributed by atoms with Crippen LogP contribution in [0.15, 0.2) is 48.6 Å². The molecule has 0 rings (SSSR count). The average Bonchev–Trinajstić information content (AvgIpc) is 3.21. The Labute approximate surface area is 354 Å². The summed E-state index contributed by atoms with van der Waals surface area (Å²) >= 11 is 0. The number of esters is 1. The van der Waals surface area contributed by atoms with Gasteiger partial charge in [-0.25, -0.2) is 4.79 Å². The van der Waals surface area contributed by atoms with Crippen molar-refractivity contribution in [1.29, 1.82) is 0 Å². The highest BCUT2D eigenvalue weighted by Gasteiger charge is 2.19. The molecule has 0 aromatic rings. The zero-order valence-electron chi connectivity index (χ0n) is 37.0. The van der Waals surface area contributed by atoms with Gasteiger partial charge in [-0.15, -0.1) is 0 Å². The van der Waals surface area contributed by atoms with E-state index in [0.717, 1.165) is 57.8 Å². The molecule has 0 aliphatic carbocycles. The summed E-state index contributed by atoms with van der Waals surface area (Å²) < 4.78 is 5.89. The Bertz CT molecular complexity index is 1120. The molecule has 0 aromatic heterocycles. The summed E-state index contributed by atoms with van der Waals surface area (Å²) in [5.74, 6) is -2.49. The normalized spacial score (nSPS) is 12.9. The lowest BCUT2D eigenvalue weighted by atomic mass is 10.0. The molecule has 2 amide bonds. The van der Waals surface area contributed by atoms with E-state index in [9.17, 15) is 19.2 Å². The molecule has 0 radical (unpaired) electrons. The van der Waals surface area contributed by atoms with Crippen molar-refractivity contribution in [2.45, 2.75) is 225 Å². The van der Waals surface area contributed by atoms with Crippen LogP contribution < -0.4 is 10.6 Å². The van der Waals surface area contributed by atoms with Crippen molar-refractivity contribution >= 4 is 23.8 Å². The van der Waals surface area contributed by atoms with Gasteiger partial charge in [0.05, 0.1) is 13.2 Å². The quantitative estimate of drug-likeness (QED) is 0.0273. The van der Waals surface area contributed by atoms with Crippen LogP contribution in [0.5, 0.6) is 0 Å². The number of aliphatic hydroxyl groups is 1. The maximum atomic E-state index is 12.8. The van der Waals surface area contributed by atoms with Gasteiger partial charge in [0.15, 0.2) is 0 Å². The number of amides is 2. The van der Waals surface area contributed by atoms with E-state index in [1.54, 1.807) is 0 Å². The third-order valence-electron chi connectivity index (χ3n) is 10.3. The molecule has 0 aliphatic rings. The number of carboxylic acids is 1. The fraction of sp³-hybridized carbons (Fsp3) is 0.755. The third kappa shape index (κ3) is 39.6. The largest absolute Gasteiger partial charge is 0.480 e. The highest BCUT2D eigenvalue weighted by molar-refractivity contribution is 5.87. The number of carbonyl (C=O) groups excluding carboxylic acids is 3. The maximum Gasteiger partial charge on any atom is 0.328 e. The van der Waals surface area contributed by atoms with Gasteiger partial charge in [0, 0.05) is 12.8 Å².